The smallest absolute Gasteiger partial charge is 0.307 e. The van der Waals surface area contributed by atoms with Crippen LogP contribution in [0.2, 0.25) is 5.02 Å². The largest absolute Gasteiger partial charge is 0.453 e. The molecule has 1 aromatic rings. The zero-order valence-corrected chi connectivity index (χ0v) is 14.7. The summed E-state index contributed by atoms with van der Waals surface area (Å²) >= 11 is 5.71. The van der Waals surface area contributed by atoms with Gasteiger partial charge in [0.25, 0.3) is 5.91 Å². The highest BCUT2D eigenvalue weighted by Crippen LogP contribution is 2.18. The van der Waals surface area contributed by atoms with Gasteiger partial charge in [0, 0.05) is 17.6 Å². The Morgan fingerprint density at radius 2 is 1.92 bits per heavy atom. The molecule has 1 aromatic carbocycles. The van der Waals surface area contributed by atoms with Gasteiger partial charge in [0.2, 0.25) is 10.0 Å². The number of esters is 1. The summed E-state index contributed by atoms with van der Waals surface area (Å²) in [5, 5.41) is 3.15. The van der Waals surface area contributed by atoms with E-state index in [1.807, 2.05) is 0 Å². The summed E-state index contributed by atoms with van der Waals surface area (Å²) in [6.07, 6.45) is 0.817. The molecule has 0 bridgehead atoms. The van der Waals surface area contributed by atoms with Crippen molar-refractivity contribution in [2.45, 2.75) is 43.2 Å². The van der Waals surface area contributed by atoms with Crippen LogP contribution in [0.3, 0.4) is 0 Å². The fourth-order valence-electron chi connectivity index (χ4n) is 1.84. The summed E-state index contributed by atoms with van der Waals surface area (Å²) in [5.74, 6) is -0.986. The molecule has 1 unspecified atom stereocenters. The van der Waals surface area contributed by atoms with E-state index < -0.39 is 22.1 Å². The number of carbonyl (C=O) groups excluding carboxylic acids is 2. The topological polar surface area (TPSA) is 102 Å². The lowest BCUT2D eigenvalue weighted by Gasteiger charge is -2.13. The molecule has 1 amide bonds. The van der Waals surface area contributed by atoms with Gasteiger partial charge in [0.05, 0.1) is 11.3 Å². The zero-order valence-electron chi connectivity index (χ0n) is 13.1. The van der Waals surface area contributed by atoms with Crippen molar-refractivity contribution >= 4 is 33.5 Å². The standard InChI is InChI=1S/C15H19ClN2O5S/c1-10(15(20)18-12-4-5-12)23-14(19)8-9-17-24(21,22)13-6-2-11(16)3-7-13/h2-3,6-7,10,12,17H,4-5,8-9H2,1H3,(H,18,20). The van der Waals surface area contributed by atoms with Crippen LogP contribution in [-0.2, 0) is 24.3 Å². The summed E-state index contributed by atoms with van der Waals surface area (Å²) < 4.78 is 31.3. The minimum atomic E-state index is -3.72. The molecule has 0 aliphatic heterocycles. The van der Waals surface area contributed by atoms with Gasteiger partial charge in [-0.1, -0.05) is 11.6 Å². The van der Waals surface area contributed by atoms with Crippen LogP contribution >= 0.6 is 11.6 Å². The van der Waals surface area contributed by atoms with Gasteiger partial charge in [-0.15, -0.1) is 0 Å². The van der Waals surface area contributed by atoms with Crippen molar-refractivity contribution < 1.29 is 22.7 Å². The lowest BCUT2D eigenvalue weighted by molar-refractivity contribution is -0.154. The van der Waals surface area contributed by atoms with Crippen molar-refractivity contribution in [3.8, 4) is 0 Å². The Kier molecular flexibility index (Phi) is 6.20. The van der Waals surface area contributed by atoms with Crippen LogP contribution in [0, 0.1) is 0 Å². The minimum absolute atomic E-state index is 0.0532. The monoisotopic (exact) mass is 374 g/mol. The van der Waals surface area contributed by atoms with Crippen LogP contribution in [-0.4, -0.2) is 39.0 Å². The maximum Gasteiger partial charge on any atom is 0.307 e. The number of halogens is 1. The number of ether oxygens (including phenoxy) is 1. The molecule has 1 aliphatic carbocycles. The van der Waals surface area contributed by atoms with E-state index in [9.17, 15) is 18.0 Å². The molecule has 132 valence electrons. The molecule has 1 atom stereocenters. The van der Waals surface area contributed by atoms with Crippen LogP contribution in [0.5, 0.6) is 0 Å². The van der Waals surface area contributed by atoms with Gasteiger partial charge in [-0.25, -0.2) is 13.1 Å². The van der Waals surface area contributed by atoms with Gasteiger partial charge in [-0.05, 0) is 44.0 Å². The number of carbonyl (C=O) groups is 2. The van der Waals surface area contributed by atoms with Crippen molar-refractivity contribution in [2.24, 2.45) is 0 Å². The highest BCUT2D eigenvalue weighted by atomic mass is 35.5. The molecular weight excluding hydrogens is 356 g/mol. The molecule has 1 aliphatic rings. The molecule has 0 heterocycles. The van der Waals surface area contributed by atoms with Crippen molar-refractivity contribution in [1.82, 2.24) is 10.0 Å². The first-order valence-corrected chi connectivity index (χ1v) is 9.39. The summed E-state index contributed by atoms with van der Waals surface area (Å²) in [5.41, 5.74) is 0. The third kappa shape index (κ3) is 5.77. The summed E-state index contributed by atoms with van der Waals surface area (Å²) in [6.45, 7) is 1.36. The number of sulfonamides is 1. The van der Waals surface area contributed by atoms with Crippen LogP contribution in [0.1, 0.15) is 26.2 Å². The van der Waals surface area contributed by atoms with Crippen molar-refractivity contribution in [3.63, 3.8) is 0 Å². The lowest BCUT2D eigenvalue weighted by Crippen LogP contribution is -2.37. The molecule has 9 heteroatoms. The molecule has 0 radical (unpaired) electrons. The van der Waals surface area contributed by atoms with E-state index in [-0.39, 0.29) is 29.8 Å². The second-order valence-electron chi connectivity index (χ2n) is 5.52. The molecular formula is C15H19ClN2O5S. The Labute approximate surface area is 145 Å². The Morgan fingerprint density at radius 3 is 2.50 bits per heavy atom. The highest BCUT2D eigenvalue weighted by Gasteiger charge is 2.27. The Balaban J connectivity index is 1.75. The summed E-state index contributed by atoms with van der Waals surface area (Å²) in [4.78, 5) is 23.4. The van der Waals surface area contributed by atoms with Crippen LogP contribution in [0.4, 0.5) is 0 Å². The molecule has 2 N–H and O–H groups in total. The number of hydrogen-bond acceptors (Lipinski definition) is 5. The zero-order chi connectivity index (χ0) is 17.7. The second-order valence-corrected chi connectivity index (χ2v) is 7.72. The van der Waals surface area contributed by atoms with Gasteiger partial charge in [-0.2, -0.15) is 0 Å². The van der Waals surface area contributed by atoms with Crippen molar-refractivity contribution in [2.75, 3.05) is 6.54 Å². The third-order valence-electron chi connectivity index (χ3n) is 3.35. The number of nitrogens with one attached hydrogen (secondary N) is 2. The van der Waals surface area contributed by atoms with Crippen molar-refractivity contribution in [3.05, 3.63) is 29.3 Å². The highest BCUT2D eigenvalue weighted by molar-refractivity contribution is 7.89. The number of benzene rings is 1. The normalized spacial score (nSPS) is 15.6. The third-order valence-corrected chi connectivity index (χ3v) is 5.08. The first kappa shape index (κ1) is 18.7. The van der Waals surface area contributed by atoms with E-state index >= 15 is 0 Å². The fraction of sp³-hybridized carbons (Fsp3) is 0.467. The number of amides is 1. The predicted molar refractivity (Wildman–Crippen MR) is 88.0 cm³/mol. The molecule has 0 spiro atoms. The predicted octanol–water partition coefficient (Wildman–Crippen LogP) is 1.22. The first-order valence-electron chi connectivity index (χ1n) is 7.53. The Bertz CT molecular complexity index is 701. The van der Waals surface area contributed by atoms with Gasteiger partial charge in [-0.3, -0.25) is 9.59 Å². The number of rotatable bonds is 8. The molecule has 2 rings (SSSR count). The van der Waals surface area contributed by atoms with E-state index in [2.05, 4.69) is 10.0 Å². The maximum atomic E-state index is 12.0. The molecule has 7 nitrogen and oxygen atoms in total. The van der Waals surface area contributed by atoms with Crippen LogP contribution in [0.25, 0.3) is 0 Å². The van der Waals surface area contributed by atoms with Gasteiger partial charge < -0.3 is 10.1 Å². The Morgan fingerprint density at radius 1 is 1.29 bits per heavy atom. The van der Waals surface area contributed by atoms with E-state index in [1.54, 1.807) is 0 Å². The maximum absolute atomic E-state index is 12.0. The average molecular weight is 375 g/mol. The fourth-order valence-corrected chi connectivity index (χ4v) is 3.00. The second kappa shape index (κ2) is 7.96. The van der Waals surface area contributed by atoms with E-state index in [0.29, 0.717) is 5.02 Å². The van der Waals surface area contributed by atoms with E-state index in [0.717, 1.165) is 12.8 Å². The Hall–Kier alpha value is -1.64. The van der Waals surface area contributed by atoms with E-state index in [1.165, 1.54) is 31.2 Å². The van der Waals surface area contributed by atoms with Crippen LogP contribution in [0.15, 0.2) is 29.2 Å². The molecule has 1 fully saturated rings. The van der Waals surface area contributed by atoms with Gasteiger partial charge in [0.15, 0.2) is 6.10 Å². The van der Waals surface area contributed by atoms with Gasteiger partial charge >= 0.3 is 5.97 Å². The van der Waals surface area contributed by atoms with Crippen molar-refractivity contribution in [1.29, 1.82) is 0 Å². The van der Waals surface area contributed by atoms with Gasteiger partial charge in [0.1, 0.15) is 0 Å². The summed E-state index contributed by atoms with van der Waals surface area (Å²) in [7, 11) is -3.72. The molecule has 0 aromatic heterocycles. The molecule has 24 heavy (non-hydrogen) atoms. The number of hydrogen-bond donors (Lipinski definition) is 2. The quantitative estimate of drug-likeness (QED) is 0.666. The minimum Gasteiger partial charge on any atom is -0.453 e. The first-order chi connectivity index (χ1) is 11.3. The molecule has 0 saturated heterocycles. The average Bonchev–Trinajstić information content (AvgIpc) is 3.31. The SMILES string of the molecule is CC(OC(=O)CCNS(=O)(=O)c1ccc(Cl)cc1)C(=O)NC1CC1. The summed E-state index contributed by atoms with van der Waals surface area (Å²) in [6, 6.07) is 5.85. The lowest BCUT2D eigenvalue weighted by atomic mass is 10.3. The molecule has 1 saturated carbocycles. The van der Waals surface area contributed by atoms with Crippen LogP contribution < -0.4 is 10.0 Å². The van der Waals surface area contributed by atoms with E-state index in [4.69, 9.17) is 16.3 Å².